The van der Waals surface area contributed by atoms with Gasteiger partial charge in [0.2, 0.25) is 0 Å². The van der Waals surface area contributed by atoms with Crippen molar-refractivity contribution in [2.75, 3.05) is 0 Å². The minimum Gasteiger partial charge on any atom is -0.403 e. The summed E-state index contributed by atoms with van der Waals surface area (Å²) in [7, 11) is -4.61. The minimum absolute atomic E-state index is 0.0687. The van der Waals surface area contributed by atoms with Crippen LogP contribution in [-0.4, -0.2) is 9.79 Å². The number of hydrogen-bond acceptors (Lipinski definition) is 3. The molecule has 1 aromatic rings. The Morgan fingerprint density at radius 2 is 1.89 bits per heavy atom. The van der Waals surface area contributed by atoms with Gasteiger partial charge < -0.3 is 4.52 Å². The molecule has 1 aromatic carbocycles. The fourth-order valence-electron chi connectivity index (χ4n) is 2.47. The molecule has 2 N–H and O–H groups in total. The second-order valence-corrected chi connectivity index (χ2v) is 7.45. The molecule has 0 radical (unpaired) electrons. The second kappa shape index (κ2) is 6.43. The predicted molar refractivity (Wildman–Crippen MR) is 78.3 cm³/mol. The van der Waals surface area contributed by atoms with Gasteiger partial charge in [-0.2, -0.15) is 0 Å². The average molecular weight is 398 g/mol. The van der Waals surface area contributed by atoms with Crippen LogP contribution in [0.2, 0.25) is 0 Å². The Balaban J connectivity index is 2.29. The van der Waals surface area contributed by atoms with Crippen molar-refractivity contribution < 1.29 is 21.9 Å². The van der Waals surface area contributed by atoms with Crippen molar-refractivity contribution in [1.29, 1.82) is 0 Å². The van der Waals surface area contributed by atoms with Crippen LogP contribution in [0.25, 0.3) is 0 Å². The third kappa shape index (κ3) is 4.34. The number of benzene rings is 1. The van der Waals surface area contributed by atoms with E-state index in [2.05, 4.69) is 4.52 Å². The molecule has 1 aliphatic carbocycles. The Labute approximate surface area is 122 Å². The summed E-state index contributed by atoms with van der Waals surface area (Å²) >= 11 is -1.52. The lowest BCUT2D eigenvalue weighted by atomic mass is 9.84. The van der Waals surface area contributed by atoms with Gasteiger partial charge in [-0.3, -0.25) is 12.9 Å². The zero-order chi connectivity index (χ0) is 13.9. The van der Waals surface area contributed by atoms with Crippen LogP contribution in [0.4, 0.5) is 0 Å². The highest BCUT2D eigenvalue weighted by Gasteiger charge is 2.21. The zero-order valence-corrected chi connectivity index (χ0v) is 13.3. The molecule has 0 spiro atoms. The summed E-state index contributed by atoms with van der Waals surface area (Å²) < 4.78 is 27.1. The zero-order valence-electron chi connectivity index (χ0n) is 10.3. The van der Waals surface area contributed by atoms with E-state index in [9.17, 15) is 7.63 Å². The van der Waals surface area contributed by atoms with Gasteiger partial charge in [0.1, 0.15) is 5.75 Å². The van der Waals surface area contributed by atoms with Gasteiger partial charge in [0.05, 0.1) is 3.57 Å². The van der Waals surface area contributed by atoms with E-state index in [4.69, 9.17) is 9.79 Å². The molecular weight excluding hydrogens is 382 g/mol. The minimum atomic E-state index is -4.61. The van der Waals surface area contributed by atoms with Crippen LogP contribution in [0.3, 0.4) is 0 Å². The number of halogens is 1. The molecule has 2 rings (SSSR count). The van der Waals surface area contributed by atoms with Crippen LogP contribution in [0, 0.1) is 3.57 Å². The van der Waals surface area contributed by atoms with Gasteiger partial charge in [-0.15, -0.1) is 0 Å². The molecule has 0 aromatic heterocycles. The van der Waals surface area contributed by atoms with Gasteiger partial charge in [0.25, 0.3) is 0 Å². The first kappa shape index (κ1) is 15.1. The molecule has 1 aliphatic rings. The number of hydrogen-bond donors (Lipinski definition) is 2. The largest absolute Gasteiger partial charge is 0.524 e. The van der Waals surface area contributed by atoms with E-state index in [1.165, 1.54) is 19.3 Å². The van der Waals surface area contributed by atoms with E-state index in [0.29, 0.717) is 9.49 Å². The molecule has 0 amide bonds. The van der Waals surface area contributed by atoms with E-state index < -0.39 is 29.0 Å². The van der Waals surface area contributed by atoms with E-state index >= 15 is 0 Å². The molecule has 0 bridgehead atoms. The van der Waals surface area contributed by atoms with Crippen LogP contribution < -0.4 is 4.52 Å². The first-order valence-electron chi connectivity index (χ1n) is 6.16. The van der Waals surface area contributed by atoms with Gasteiger partial charge >= 0.3 is 7.82 Å². The average Bonchev–Trinajstić information content (AvgIpc) is 2.38. The topological polar surface area (TPSA) is 83.8 Å². The fourth-order valence-corrected chi connectivity index (χ4v) is 3.86. The molecule has 1 fully saturated rings. The maximum Gasteiger partial charge on any atom is 0.524 e. The lowest BCUT2D eigenvalue weighted by Gasteiger charge is -2.22. The molecule has 7 heteroatoms. The van der Waals surface area contributed by atoms with Crippen LogP contribution >= 0.6 is 29.0 Å². The van der Waals surface area contributed by atoms with Gasteiger partial charge in [0.15, 0.2) is 21.2 Å². The third-order valence-electron chi connectivity index (χ3n) is 3.33. The first-order chi connectivity index (χ1) is 8.99. The predicted octanol–water partition coefficient (Wildman–Crippen LogP) is 3.69. The normalized spacial score (nSPS) is 17.4. The van der Waals surface area contributed by atoms with Gasteiger partial charge in [-0.1, -0.05) is 25.3 Å². The fraction of sp³-hybridized carbons (Fsp3) is 0.500. The van der Waals surface area contributed by atoms with Crippen molar-refractivity contribution in [3.8, 4) is 5.75 Å². The SMILES string of the molecule is O=Ic1ccc(C2CCCCC2)cc1OP(=O)(O)O. The molecule has 106 valence electrons. The monoisotopic (exact) mass is 398 g/mol. The molecule has 0 unspecified atom stereocenters. The summed E-state index contributed by atoms with van der Waals surface area (Å²) in [6.45, 7) is 0. The molecule has 0 saturated heterocycles. The molecule has 0 aliphatic heterocycles. The maximum atomic E-state index is 11.1. The van der Waals surface area contributed by atoms with Crippen molar-refractivity contribution >= 4 is 29.0 Å². The number of phosphoric acid groups is 1. The Morgan fingerprint density at radius 1 is 1.21 bits per heavy atom. The molecular formula is C12H16IO5P. The molecule has 1 saturated carbocycles. The highest BCUT2D eigenvalue weighted by atomic mass is 127. The highest BCUT2D eigenvalue weighted by Crippen LogP contribution is 2.42. The van der Waals surface area contributed by atoms with E-state index in [1.807, 2.05) is 6.07 Å². The summed E-state index contributed by atoms with van der Waals surface area (Å²) in [6.07, 6.45) is 5.76. The van der Waals surface area contributed by atoms with Gasteiger partial charge in [0, 0.05) is 0 Å². The van der Waals surface area contributed by atoms with Gasteiger partial charge in [-0.25, -0.2) is 4.57 Å². The smallest absolute Gasteiger partial charge is 0.403 e. The van der Waals surface area contributed by atoms with Crippen molar-refractivity contribution in [1.82, 2.24) is 0 Å². The summed E-state index contributed by atoms with van der Waals surface area (Å²) in [6, 6.07) is 5.20. The molecule has 0 atom stereocenters. The van der Waals surface area contributed by atoms with Crippen LogP contribution in [0.5, 0.6) is 5.75 Å². The lowest BCUT2D eigenvalue weighted by molar-refractivity contribution is 0.282. The third-order valence-corrected chi connectivity index (χ3v) is 5.13. The Morgan fingerprint density at radius 3 is 2.47 bits per heavy atom. The highest BCUT2D eigenvalue weighted by molar-refractivity contribution is 14.1. The van der Waals surface area contributed by atoms with E-state index in [-0.39, 0.29) is 5.75 Å². The summed E-state index contributed by atoms with van der Waals surface area (Å²) in [5.41, 5.74) is 1.02. The van der Waals surface area contributed by atoms with E-state index in [1.54, 1.807) is 12.1 Å². The molecule has 5 nitrogen and oxygen atoms in total. The standard InChI is InChI=1S/C12H16IO5P/c14-13-11-7-6-10(9-4-2-1-3-5-9)8-12(11)18-19(15,16)17/h6-9H,1-5H2,(H2,15,16,17). The first-order valence-corrected chi connectivity index (χ1v) is 9.65. The van der Waals surface area contributed by atoms with Crippen molar-refractivity contribution in [2.24, 2.45) is 0 Å². The second-order valence-electron chi connectivity index (χ2n) is 4.68. The number of phosphoric ester groups is 1. The van der Waals surface area contributed by atoms with Crippen LogP contribution in [0.15, 0.2) is 18.2 Å². The van der Waals surface area contributed by atoms with Crippen molar-refractivity contribution in [3.05, 3.63) is 27.3 Å². The molecule has 0 heterocycles. The Hall–Kier alpha value is -0.300. The quantitative estimate of drug-likeness (QED) is 0.597. The maximum absolute atomic E-state index is 11.1. The number of rotatable bonds is 4. The Bertz CT molecular complexity index is 507. The lowest BCUT2D eigenvalue weighted by Crippen LogP contribution is -2.05. The Kier molecular flexibility index (Phi) is 5.11. The summed E-state index contributed by atoms with van der Waals surface area (Å²) in [5.74, 6) is 0.478. The molecule has 19 heavy (non-hydrogen) atoms. The summed E-state index contributed by atoms with van der Waals surface area (Å²) in [4.78, 5) is 17.8. The van der Waals surface area contributed by atoms with Gasteiger partial charge in [-0.05, 0) is 36.5 Å². The van der Waals surface area contributed by atoms with Crippen molar-refractivity contribution in [2.45, 2.75) is 38.0 Å². The van der Waals surface area contributed by atoms with Crippen LogP contribution in [-0.2, 0) is 7.63 Å². The summed E-state index contributed by atoms with van der Waals surface area (Å²) in [5, 5.41) is 0. The van der Waals surface area contributed by atoms with E-state index in [0.717, 1.165) is 18.4 Å². The van der Waals surface area contributed by atoms with Crippen LogP contribution in [0.1, 0.15) is 43.6 Å². The van der Waals surface area contributed by atoms with Crippen molar-refractivity contribution in [3.63, 3.8) is 0 Å².